The first-order chi connectivity index (χ1) is 16.9. The van der Waals surface area contributed by atoms with Crippen molar-refractivity contribution in [1.82, 2.24) is 13.7 Å². The number of nitrogens with zero attached hydrogens (tertiary/aromatic N) is 3. The van der Waals surface area contributed by atoms with E-state index in [2.05, 4.69) is 9.88 Å². The van der Waals surface area contributed by atoms with Gasteiger partial charge in [-0.25, -0.2) is 9.18 Å². The summed E-state index contributed by atoms with van der Waals surface area (Å²) in [6, 6.07) is 21.7. The highest BCUT2D eigenvalue weighted by Gasteiger charge is 2.34. The lowest BCUT2D eigenvalue weighted by Crippen LogP contribution is -2.37. The molecule has 0 aliphatic carbocycles. The third-order valence-electron chi connectivity index (χ3n) is 6.83. The van der Waals surface area contributed by atoms with E-state index in [-0.39, 0.29) is 11.4 Å². The SMILES string of the molecule is Cc1ccc(-c2c3c(=O)n(C)c(=O)n(C)c3c3n2-c2ccccc2N[C@H]3c2cccc(F)c2)cc1. The van der Waals surface area contributed by atoms with E-state index in [1.807, 2.05) is 61.5 Å². The number of para-hydroxylation sites is 2. The van der Waals surface area contributed by atoms with Crippen LogP contribution in [0.5, 0.6) is 0 Å². The monoisotopic (exact) mass is 466 g/mol. The van der Waals surface area contributed by atoms with Crippen LogP contribution in [0.4, 0.5) is 10.1 Å². The van der Waals surface area contributed by atoms with Crippen LogP contribution in [0.2, 0.25) is 0 Å². The van der Waals surface area contributed by atoms with Crippen molar-refractivity contribution < 1.29 is 4.39 Å². The predicted octanol–water partition coefficient (Wildman–Crippen LogP) is 4.66. The van der Waals surface area contributed by atoms with Gasteiger partial charge in [-0.2, -0.15) is 0 Å². The minimum Gasteiger partial charge on any atom is -0.371 e. The molecule has 35 heavy (non-hydrogen) atoms. The number of anilines is 1. The summed E-state index contributed by atoms with van der Waals surface area (Å²) in [7, 11) is 3.17. The van der Waals surface area contributed by atoms with Gasteiger partial charge in [-0.15, -0.1) is 0 Å². The van der Waals surface area contributed by atoms with Gasteiger partial charge in [0.15, 0.2) is 0 Å². The normalized spacial score (nSPS) is 14.5. The first-order valence-corrected chi connectivity index (χ1v) is 11.4. The second kappa shape index (κ2) is 7.56. The maximum absolute atomic E-state index is 14.3. The van der Waals surface area contributed by atoms with E-state index >= 15 is 0 Å². The first-order valence-electron chi connectivity index (χ1n) is 11.4. The third kappa shape index (κ3) is 3.01. The summed E-state index contributed by atoms with van der Waals surface area (Å²) in [5.41, 5.74) is 5.55. The molecule has 1 aliphatic rings. The molecular weight excluding hydrogens is 443 g/mol. The Hall–Kier alpha value is -4.39. The van der Waals surface area contributed by atoms with Crippen molar-refractivity contribution in [3.05, 3.63) is 116 Å². The zero-order valence-corrected chi connectivity index (χ0v) is 19.5. The number of rotatable bonds is 2. The molecule has 0 fully saturated rings. The van der Waals surface area contributed by atoms with Gasteiger partial charge in [-0.05, 0) is 42.3 Å². The number of fused-ring (bicyclic) bond motifs is 5. The largest absolute Gasteiger partial charge is 0.371 e. The van der Waals surface area contributed by atoms with Gasteiger partial charge < -0.3 is 9.88 Å². The molecule has 0 unspecified atom stereocenters. The van der Waals surface area contributed by atoms with Gasteiger partial charge in [0.25, 0.3) is 5.56 Å². The van der Waals surface area contributed by atoms with Crippen molar-refractivity contribution in [2.75, 3.05) is 5.32 Å². The zero-order valence-electron chi connectivity index (χ0n) is 19.5. The van der Waals surface area contributed by atoms with Crippen LogP contribution in [-0.2, 0) is 14.1 Å². The van der Waals surface area contributed by atoms with Gasteiger partial charge in [0.1, 0.15) is 5.82 Å². The molecule has 6 nitrogen and oxygen atoms in total. The summed E-state index contributed by atoms with van der Waals surface area (Å²) in [4.78, 5) is 26.7. The average molecular weight is 467 g/mol. The van der Waals surface area contributed by atoms with Crippen LogP contribution in [0, 0.1) is 12.7 Å². The molecule has 0 saturated carbocycles. The van der Waals surface area contributed by atoms with E-state index in [0.717, 1.165) is 32.8 Å². The van der Waals surface area contributed by atoms with Crippen LogP contribution >= 0.6 is 0 Å². The van der Waals surface area contributed by atoms with Crippen LogP contribution in [0.15, 0.2) is 82.4 Å². The molecule has 1 N–H and O–H groups in total. The Morgan fingerprint density at radius 3 is 2.37 bits per heavy atom. The fourth-order valence-corrected chi connectivity index (χ4v) is 5.14. The Morgan fingerprint density at radius 2 is 1.63 bits per heavy atom. The molecule has 1 atom stereocenters. The van der Waals surface area contributed by atoms with Crippen molar-refractivity contribution in [2.45, 2.75) is 13.0 Å². The van der Waals surface area contributed by atoms with E-state index in [1.54, 1.807) is 13.1 Å². The smallest absolute Gasteiger partial charge is 0.331 e. The number of hydrogen-bond acceptors (Lipinski definition) is 3. The molecule has 0 amide bonds. The van der Waals surface area contributed by atoms with Crippen molar-refractivity contribution in [3.63, 3.8) is 0 Å². The molecule has 7 heteroatoms. The van der Waals surface area contributed by atoms with E-state index in [4.69, 9.17) is 0 Å². The zero-order chi connectivity index (χ0) is 24.4. The van der Waals surface area contributed by atoms with Crippen LogP contribution in [0.1, 0.15) is 22.9 Å². The lowest BCUT2D eigenvalue weighted by atomic mass is 9.99. The summed E-state index contributed by atoms with van der Waals surface area (Å²) in [6.07, 6.45) is 0. The number of hydrogen-bond donors (Lipinski definition) is 1. The molecule has 5 aromatic rings. The highest BCUT2D eigenvalue weighted by Crippen LogP contribution is 2.45. The van der Waals surface area contributed by atoms with Crippen molar-refractivity contribution in [1.29, 1.82) is 0 Å². The summed E-state index contributed by atoms with van der Waals surface area (Å²) < 4.78 is 19.0. The molecule has 1 aliphatic heterocycles. The molecule has 6 rings (SSSR count). The maximum atomic E-state index is 14.3. The van der Waals surface area contributed by atoms with Gasteiger partial charge in [0.2, 0.25) is 0 Å². The van der Waals surface area contributed by atoms with Crippen LogP contribution in [0.25, 0.3) is 27.8 Å². The van der Waals surface area contributed by atoms with E-state index in [1.165, 1.54) is 23.7 Å². The lowest BCUT2D eigenvalue weighted by Gasteiger charge is -2.31. The number of nitrogens with one attached hydrogen (secondary N) is 1. The lowest BCUT2D eigenvalue weighted by molar-refractivity contribution is 0.623. The number of aromatic nitrogens is 3. The Morgan fingerprint density at radius 1 is 0.886 bits per heavy atom. The van der Waals surface area contributed by atoms with E-state index < -0.39 is 11.7 Å². The Balaban J connectivity index is 1.86. The Kier molecular flexibility index (Phi) is 4.57. The standard InChI is InChI=1S/C28H23FN4O2/c1-16-11-13-17(14-12-16)24-22-25(31(2)28(35)32(3)27(22)34)26-23(18-7-6-8-19(29)15-18)30-20-9-4-5-10-21(20)33(24)26/h4-15,23,30H,1-3H3/t23-/m0/s1. The molecule has 3 heterocycles. The highest BCUT2D eigenvalue weighted by molar-refractivity contribution is 5.99. The van der Waals surface area contributed by atoms with Crippen molar-refractivity contribution in [2.24, 2.45) is 14.1 Å². The van der Waals surface area contributed by atoms with Crippen molar-refractivity contribution in [3.8, 4) is 16.9 Å². The fourth-order valence-electron chi connectivity index (χ4n) is 5.14. The second-order valence-electron chi connectivity index (χ2n) is 9.01. The predicted molar refractivity (Wildman–Crippen MR) is 136 cm³/mol. The van der Waals surface area contributed by atoms with Gasteiger partial charge in [-0.3, -0.25) is 13.9 Å². The number of aryl methyl sites for hydroxylation is 2. The van der Waals surface area contributed by atoms with E-state index in [9.17, 15) is 14.0 Å². The average Bonchev–Trinajstić information content (AvgIpc) is 3.23. The van der Waals surface area contributed by atoms with Crippen LogP contribution in [-0.4, -0.2) is 13.7 Å². The molecule has 3 aromatic carbocycles. The molecule has 0 spiro atoms. The molecule has 174 valence electrons. The van der Waals surface area contributed by atoms with Crippen LogP contribution in [0.3, 0.4) is 0 Å². The maximum Gasteiger partial charge on any atom is 0.331 e. The summed E-state index contributed by atoms with van der Waals surface area (Å²) in [5, 5.41) is 3.98. The van der Waals surface area contributed by atoms with E-state index in [0.29, 0.717) is 22.2 Å². The van der Waals surface area contributed by atoms with Gasteiger partial charge in [0.05, 0.1) is 39.7 Å². The van der Waals surface area contributed by atoms with Gasteiger partial charge in [-0.1, -0.05) is 54.1 Å². The van der Waals surface area contributed by atoms with Crippen LogP contribution < -0.4 is 16.6 Å². The summed E-state index contributed by atoms with van der Waals surface area (Å²) in [5.74, 6) is -0.353. The molecule has 0 radical (unpaired) electrons. The Labute approximate surface area is 200 Å². The molecule has 2 aromatic heterocycles. The number of benzene rings is 3. The minimum atomic E-state index is -0.486. The molecular formula is C28H23FN4O2. The number of halogens is 1. The van der Waals surface area contributed by atoms with Gasteiger partial charge in [0, 0.05) is 14.1 Å². The highest BCUT2D eigenvalue weighted by atomic mass is 19.1. The molecule has 0 saturated heterocycles. The Bertz CT molecular complexity index is 1760. The van der Waals surface area contributed by atoms with Gasteiger partial charge >= 0.3 is 5.69 Å². The minimum absolute atomic E-state index is 0.353. The van der Waals surface area contributed by atoms with Crippen molar-refractivity contribution >= 4 is 16.6 Å². The summed E-state index contributed by atoms with van der Waals surface area (Å²) in [6.45, 7) is 2.01. The quantitative estimate of drug-likeness (QED) is 0.412. The third-order valence-corrected chi connectivity index (χ3v) is 6.83. The topological polar surface area (TPSA) is 61.0 Å². The first kappa shape index (κ1) is 21.2. The summed E-state index contributed by atoms with van der Waals surface area (Å²) >= 11 is 0. The fraction of sp³-hybridized carbons (Fsp3) is 0.143. The second-order valence-corrected chi connectivity index (χ2v) is 9.01. The molecule has 0 bridgehead atoms.